The van der Waals surface area contributed by atoms with Gasteiger partial charge in [-0.2, -0.15) is 0 Å². The zero-order valence-electron chi connectivity index (χ0n) is 22.9. The summed E-state index contributed by atoms with van der Waals surface area (Å²) in [6, 6.07) is 0. The molecular weight excluding hydrogens is 440 g/mol. The number of ether oxygens (including phenoxy) is 1. The van der Waals surface area contributed by atoms with Crippen LogP contribution in [0.4, 0.5) is 0 Å². The lowest BCUT2D eigenvalue weighted by Gasteiger charge is -2.44. The number of hydrogen-bond acceptors (Lipinski definition) is 5. The summed E-state index contributed by atoms with van der Waals surface area (Å²) in [6.07, 6.45) is 14.2. The first-order valence-electron chi connectivity index (χ1n) is 14.1. The van der Waals surface area contributed by atoms with Crippen molar-refractivity contribution < 1.29 is 25.2 Å². The largest absolute Gasteiger partial charge is 0.396 e. The average molecular weight is 493 g/mol. The van der Waals surface area contributed by atoms with Gasteiger partial charge in [0.1, 0.15) is 5.60 Å². The molecule has 0 unspecified atom stereocenters. The molecule has 35 heavy (non-hydrogen) atoms. The Hall–Kier alpha value is -0.720. The van der Waals surface area contributed by atoms with E-state index in [1.165, 1.54) is 32.1 Å². The van der Waals surface area contributed by atoms with Crippen molar-refractivity contribution in [3.8, 4) is 0 Å². The van der Waals surface area contributed by atoms with Crippen LogP contribution in [0.3, 0.4) is 0 Å². The van der Waals surface area contributed by atoms with E-state index in [0.29, 0.717) is 43.1 Å². The smallest absolute Gasteiger partial charge is 0.114 e. The van der Waals surface area contributed by atoms with Crippen LogP contribution in [0.1, 0.15) is 105 Å². The fourth-order valence-corrected chi connectivity index (χ4v) is 7.35. The maximum absolute atomic E-state index is 10.8. The monoisotopic (exact) mass is 492 g/mol. The van der Waals surface area contributed by atoms with Crippen LogP contribution in [-0.2, 0) is 4.74 Å². The highest BCUT2D eigenvalue weighted by molar-refractivity contribution is 5.27. The fraction of sp³-hybridized carbons (Fsp3) is 0.867. The third-order valence-corrected chi connectivity index (χ3v) is 9.56. The van der Waals surface area contributed by atoms with E-state index in [1.54, 1.807) is 12.5 Å². The van der Waals surface area contributed by atoms with Gasteiger partial charge in [-0.3, -0.25) is 0 Å². The first-order valence-corrected chi connectivity index (χ1v) is 14.1. The molecule has 0 radical (unpaired) electrons. The number of fused-ring (bicyclic) bond motifs is 1. The number of aliphatic hydroxyl groups excluding tert-OH is 2. The van der Waals surface area contributed by atoms with E-state index >= 15 is 0 Å². The quantitative estimate of drug-likeness (QED) is 0.311. The fourth-order valence-electron chi connectivity index (χ4n) is 7.35. The topological polar surface area (TPSA) is 90.2 Å². The molecule has 0 bridgehead atoms. The minimum Gasteiger partial charge on any atom is -0.396 e. The second kappa shape index (κ2) is 11.8. The molecule has 3 saturated carbocycles. The highest BCUT2D eigenvalue weighted by Gasteiger charge is 2.50. The van der Waals surface area contributed by atoms with Crippen molar-refractivity contribution >= 4 is 0 Å². The van der Waals surface area contributed by atoms with Crippen molar-refractivity contribution in [2.24, 2.45) is 23.2 Å². The van der Waals surface area contributed by atoms with Crippen molar-refractivity contribution in [3.05, 3.63) is 23.3 Å². The SMILES string of the molecule is C[C@H](CCCC(C)(C)O)[C@H]1CC[C@H]2/C(=C/C=C3/C[C@@H](O)[C@@](C)(O)[C@H](OCCCO)C3)CCC[C@]12C. The highest BCUT2D eigenvalue weighted by Crippen LogP contribution is 2.60. The van der Waals surface area contributed by atoms with Gasteiger partial charge < -0.3 is 25.2 Å². The van der Waals surface area contributed by atoms with Gasteiger partial charge >= 0.3 is 0 Å². The van der Waals surface area contributed by atoms with Crippen molar-refractivity contribution in [1.29, 1.82) is 0 Å². The molecule has 0 aromatic rings. The maximum atomic E-state index is 10.8. The molecule has 0 aliphatic heterocycles. The molecule has 0 saturated heterocycles. The lowest BCUT2D eigenvalue weighted by molar-refractivity contribution is -0.166. The number of hydrogen-bond donors (Lipinski definition) is 4. The van der Waals surface area contributed by atoms with Gasteiger partial charge in [-0.15, -0.1) is 0 Å². The lowest BCUT2D eigenvalue weighted by atomic mass is 9.60. The zero-order chi connectivity index (χ0) is 25.9. The van der Waals surface area contributed by atoms with Crippen molar-refractivity contribution in [2.45, 2.75) is 129 Å². The first-order chi connectivity index (χ1) is 16.4. The average Bonchev–Trinajstić information content (AvgIpc) is 3.12. The molecule has 5 nitrogen and oxygen atoms in total. The van der Waals surface area contributed by atoms with Crippen LogP contribution in [0.15, 0.2) is 23.3 Å². The molecule has 5 heteroatoms. The summed E-state index contributed by atoms with van der Waals surface area (Å²) in [6.45, 7) is 10.9. The molecule has 3 rings (SSSR count). The number of allylic oxidation sites excluding steroid dienone is 3. The Bertz CT molecular complexity index is 748. The summed E-state index contributed by atoms with van der Waals surface area (Å²) < 4.78 is 5.86. The van der Waals surface area contributed by atoms with Crippen LogP contribution in [0, 0.1) is 23.2 Å². The number of rotatable bonds is 10. The Labute approximate surface area is 213 Å². The van der Waals surface area contributed by atoms with Crippen LogP contribution in [0.5, 0.6) is 0 Å². The molecule has 4 N–H and O–H groups in total. The molecular formula is C30H52O5. The van der Waals surface area contributed by atoms with Crippen LogP contribution < -0.4 is 0 Å². The van der Waals surface area contributed by atoms with Crippen LogP contribution >= 0.6 is 0 Å². The van der Waals surface area contributed by atoms with Gasteiger partial charge in [0.15, 0.2) is 0 Å². The summed E-state index contributed by atoms with van der Waals surface area (Å²) in [4.78, 5) is 0. The summed E-state index contributed by atoms with van der Waals surface area (Å²) >= 11 is 0. The van der Waals surface area contributed by atoms with Crippen LogP contribution in [-0.4, -0.2) is 57.0 Å². The molecule has 3 fully saturated rings. The van der Waals surface area contributed by atoms with Gasteiger partial charge in [0, 0.05) is 13.2 Å². The third kappa shape index (κ3) is 6.98. The second-order valence-corrected chi connectivity index (χ2v) is 12.9. The Balaban J connectivity index is 1.68. The molecule has 0 aromatic carbocycles. The zero-order valence-corrected chi connectivity index (χ0v) is 22.9. The van der Waals surface area contributed by atoms with E-state index in [4.69, 9.17) is 9.84 Å². The Morgan fingerprint density at radius 3 is 2.57 bits per heavy atom. The summed E-state index contributed by atoms with van der Waals surface area (Å²) in [7, 11) is 0. The maximum Gasteiger partial charge on any atom is 0.114 e. The Kier molecular flexibility index (Phi) is 9.70. The predicted molar refractivity (Wildman–Crippen MR) is 141 cm³/mol. The van der Waals surface area contributed by atoms with Gasteiger partial charge in [0.25, 0.3) is 0 Å². The highest BCUT2D eigenvalue weighted by atomic mass is 16.5. The minimum atomic E-state index is -1.27. The molecule has 0 aromatic heterocycles. The van der Waals surface area contributed by atoms with Gasteiger partial charge in [0.2, 0.25) is 0 Å². The summed E-state index contributed by atoms with van der Waals surface area (Å²) in [5, 5.41) is 40.6. The summed E-state index contributed by atoms with van der Waals surface area (Å²) in [5.41, 5.74) is 1.19. The second-order valence-electron chi connectivity index (χ2n) is 12.9. The molecule has 0 spiro atoms. The van der Waals surface area contributed by atoms with Crippen LogP contribution in [0.25, 0.3) is 0 Å². The van der Waals surface area contributed by atoms with Gasteiger partial charge in [-0.25, -0.2) is 0 Å². The Morgan fingerprint density at radius 2 is 1.89 bits per heavy atom. The molecule has 3 aliphatic rings. The van der Waals surface area contributed by atoms with Crippen LogP contribution in [0.2, 0.25) is 0 Å². The molecule has 202 valence electrons. The number of aliphatic hydroxyl groups is 4. The van der Waals surface area contributed by atoms with Gasteiger partial charge in [-0.1, -0.05) is 50.0 Å². The normalized spacial score (nSPS) is 39.2. The molecule has 0 amide bonds. The van der Waals surface area contributed by atoms with E-state index in [-0.39, 0.29) is 6.61 Å². The lowest BCUT2D eigenvalue weighted by Crippen LogP contribution is -2.54. The predicted octanol–water partition coefficient (Wildman–Crippen LogP) is 5.31. The minimum absolute atomic E-state index is 0.0609. The van der Waals surface area contributed by atoms with E-state index in [1.807, 2.05) is 13.8 Å². The molecule has 7 atom stereocenters. The van der Waals surface area contributed by atoms with E-state index in [0.717, 1.165) is 30.8 Å². The van der Waals surface area contributed by atoms with Crippen molar-refractivity contribution in [3.63, 3.8) is 0 Å². The van der Waals surface area contributed by atoms with E-state index < -0.39 is 23.4 Å². The van der Waals surface area contributed by atoms with E-state index in [2.05, 4.69) is 26.0 Å². The molecule has 3 aliphatic carbocycles. The Morgan fingerprint density at radius 1 is 1.14 bits per heavy atom. The third-order valence-electron chi connectivity index (χ3n) is 9.56. The van der Waals surface area contributed by atoms with Crippen molar-refractivity contribution in [2.75, 3.05) is 13.2 Å². The first kappa shape index (κ1) is 28.8. The summed E-state index contributed by atoms with van der Waals surface area (Å²) in [5.74, 6) is 2.04. The van der Waals surface area contributed by atoms with Gasteiger partial charge in [-0.05, 0) is 102 Å². The molecule has 0 heterocycles. The van der Waals surface area contributed by atoms with Gasteiger partial charge in [0.05, 0.1) is 17.8 Å². The standard InChI is InChI=1S/C30H52O5/c1-21(9-6-15-28(2,3)33)24-13-14-25-23(10-7-16-29(24,25)4)12-11-22-19-26(32)30(5,34)27(20-22)35-18-8-17-31/h11-12,21,24-27,31-34H,6-10,13-20H2,1-5H3/b22-11-,23-12+/t21-,24-,25+,26-,27-,29-,30-/m1/s1. The van der Waals surface area contributed by atoms with Crippen molar-refractivity contribution in [1.82, 2.24) is 0 Å². The van der Waals surface area contributed by atoms with E-state index in [9.17, 15) is 15.3 Å².